The summed E-state index contributed by atoms with van der Waals surface area (Å²) in [6.45, 7) is 8.04. The minimum absolute atomic E-state index is 0.202. The lowest BCUT2D eigenvalue weighted by Gasteiger charge is -2.13. The molecule has 0 amide bonds. The summed E-state index contributed by atoms with van der Waals surface area (Å²) in [6.07, 6.45) is 0. The van der Waals surface area contributed by atoms with Gasteiger partial charge in [-0.05, 0) is 25.8 Å². The summed E-state index contributed by atoms with van der Waals surface area (Å²) in [7, 11) is 0. The molecule has 0 spiro atoms. The first-order valence-corrected chi connectivity index (χ1v) is 6.83. The molecule has 102 valence electrons. The fraction of sp³-hybridized carbons (Fsp3) is 0.353. The number of nitriles is 1. The molecule has 20 heavy (non-hydrogen) atoms. The Bertz CT molecular complexity index is 636. The third kappa shape index (κ3) is 3.03. The van der Waals surface area contributed by atoms with E-state index in [1.165, 1.54) is 5.56 Å². The zero-order chi connectivity index (χ0) is 14.7. The quantitative estimate of drug-likeness (QED) is 0.842. The van der Waals surface area contributed by atoms with Crippen molar-refractivity contribution in [2.45, 2.75) is 33.6 Å². The highest BCUT2D eigenvalue weighted by atomic mass is 14.9. The van der Waals surface area contributed by atoms with Crippen LogP contribution in [0.4, 0.5) is 0 Å². The molecule has 0 radical (unpaired) electrons. The molecule has 0 aliphatic heterocycles. The number of aryl methyl sites for hydroxylation is 2. The summed E-state index contributed by atoms with van der Waals surface area (Å²) >= 11 is 0. The van der Waals surface area contributed by atoms with Crippen molar-refractivity contribution in [2.75, 3.05) is 0 Å². The van der Waals surface area contributed by atoms with Crippen LogP contribution in [-0.4, -0.2) is 9.97 Å². The molecule has 0 N–H and O–H groups in total. The third-order valence-corrected chi connectivity index (χ3v) is 3.30. The second kappa shape index (κ2) is 5.83. The van der Waals surface area contributed by atoms with Crippen LogP contribution in [0.1, 0.15) is 36.8 Å². The second-order valence-electron chi connectivity index (χ2n) is 5.47. The highest BCUT2D eigenvalue weighted by molar-refractivity contribution is 5.59. The molecular formula is C17H19N3. The molecule has 1 atom stereocenters. The topological polar surface area (TPSA) is 49.6 Å². The van der Waals surface area contributed by atoms with E-state index >= 15 is 0 Å². The summed E-state index contributed by atoms with van der Waals surface area (Å²) in [4.78, 5) is 9.03. The Morgan fingerprint density at radius 2 is 1.70 bits per heavy atom. The maximum Gasteiger partial charge on any atom is 0.146 e. The molecule has 0 fully saturated rings. The monoisotopic (exact) mass is 265 g/mol. The number of nitrogens with zero attached hydrogens (tertiary/aromatic N) is 3. The van der Waals surface area contributed by atoms with Gasteiger partial charge in [0.25, 0.3) is 0 Å². The molecule has 0 aliphatic rings. The normalized spacial score (nSPS) is 12.2. The lowest BCUT2D eigenvalue weighted by atomic mass is 9.96. The van der Waals surface area contributed by atoms with Crippen molar-refractivity contribution in [3.8, 4) is 17.3 Å². The fourth-order valence-electron chi connectivity index (χ4n) is 2.11. The third-order valence-electron chi connectivity index (χ3n) is 3.30. The van der Waals surface area contributed by atoms with E-state index in [9.17, 15) is 5.26 Å². The molecule has 2 aromatic rings. The minimum Gasteiger partial charge on any atom is -0.237 e. The minimum atomic E-state index is -0.265. The Morgan fingerprint density at radius 3 is 2.25 bits per heavy atom. The van der Waals surface area contributed by atoms with Crippen molar-refractivity contribution in [1.82, 2.24) is 9.97 Å². The molecule has 1 aromatic carbocycles. The van der Waals surface area contributed by atoms with Crippen molar-refractivity contribution < 1.29 is 0 Å². The molecule has 1 unspecified atom stereocenters. The zero-order valence-corrected chi connectivity index (χ0v) is 12.4. The van der Waals surface area contributed by atoms with Gasteiger partial charge in [0.2, 0.25) is 0 Å². The lowest BCUT2D eigenvalue weighted by Crippen LogP contribution is -2.10. The number of hydrogen-bond acceptors (Lipinski definition) is 3. The van der Waals surface area contributed by atoms with Crippen molar-refractivity contribution >= 4 is 0 Å². The summed E-state index contributed by atoms with van der Waals surface area (Å²) in [5, 5.41) is 9.31. The van der Waals surface area contributed by atoms with Gasteiger partial charge in [-0.2, -0.15) is 5.26 Å². The van der Waals surface area contributed by atoms with Crippen molar-refractivity contribution in [2.24, 2.45) is 5.92 Å². The van der Waals surface area contributed by atoms with E-state index in [-0.39, 0.29) is 11.8 Å². The van der Waals surface area contributed by atoms with Crippen molar-refractivity contribution in [1.29, 1.82) is 5.26 Å². The first-order valence-electron chi connectivity index (χ1n) is 6.83. The van der Waals surface area contributed by atoms with Gasteiger partial charge < -0.3 is 0 Å². The van der Waals surface area contributed by atoms with E-state index in [1.807, 2.05) is 26.8 Å². The van der Waals surface area contributed by atoms with Crippen LogP contribution in [-0.2, 0) is 0 Å². The van der Waals surface area contributed by atoms with Gasteiger partial charge in [0.15, 0.2) is 0 Å². The predicted molar refractivity (Wildman–Crippen MR) is 80.1 cm³/mol. The van der Waals surface area contributed by atoms with E-state index in [0.717, 1.165) is 17.0 Å². The molecular weight excluding hydrogens is 246 g/mol. The fourth-order valence-corrected chi connectivity index (χ4v) is 2.11. The Hall–Kier alpha value is -2.21. The van der Waals surface area contributed by atoms with Crippen LogP contribution >= 0.6 is 0 Å². The van der Waals surface area contributed by atoms with Gasteiger partial charge in [0.05, 0.1) is 11.8 Å². The van der Waals surface area contributed by atoms with Crippen molar-refractivity contribution in [3.63, 3.8) is 0 Å². The Labute approximate surface area is 120 Å². The molecule has 0 bridgehead atoms. The van der Waals surface area contributed by atoms with E-state index in [4.69, 9.17) is 0 Å². The molecule has 0 aliphatic carbocycles. The van der Waals surface area contributed by atoms with Gasteiger partial charge in [0.1, 0.15) is 11.7 Å². The summed E-state index contributed by atoms with van der Waals surface area (Å²) in [5.41, 5.74) is 4.06. The van der Waals surface area contributed by atoms with Gasteiger partial charge in [-0.1, -0.05) is 43.7 Å². The first-order chi connectivity index (χ1) is 9.51. The first kappa shape index (κ1) is 14.2. The number of aromatic nitrogens is 2. The van der Waals surface area contributed by atoms with Gasteiger partial charge in [-0.25, -0.2) is 9.97 Å². The van der Waals surface area contributed by atoms with E-state index in [2.05, 4.69) is 47.2 Å². The molecule has 1 aromatic heterocycles. The average Bonchev–Trinajstić information content (AvgIpc) is 2.39. The van der Waals surface area contributed by atoms with Crippen LogP contribution in [0.15, 0.2) is 30.3 Å². The largest absolute Gasteiger partial charge is 0.237 e. The smallest absolute Gasteiger partial charge is 0.146 e. The Balaban J connectivity index is 2.49. The Morgan fingerprint density at radius 1 is 1.05 bits per heavy atom. The van der Waals surface area contributed by atoms with Crippen LogP contribution < -0.4 is 0 Å². The highest BCUT2D eigenvalue weighted by Gasteiger charge is 2.19. The lowest BCUT2D eigenvalue weighted by molar-refractivity contribution is 0.560. The van der Waals surface area contributed by atoms with E-state index in [0.29, 0.717) is 5.82 Å². The SMILES string of the molecule is Cc1ccc(-c2cc(C)nc(C(C#N)C(C)C)n2)cc1. The van der Waals surface area contributed by atoms with Crippen LogP contribution in [0.3, 0.4) is 0 Å². The van der Waals surface area contributed by atoms with E-state index in [1.54, 1.807) is 0 Å². The van der Waals surface area contributed by atoms with Crippen LogP contribution in [0.5, 0.6) is 0 Å². The van der Waals surface area contributed by atoms with Crippen LogP contribution in [0.2, 0.25) is 0 Å². The molecule has 0 saturated heterocycles. The molecule has 0 saturated carbocycles. The molecule has 2 rings (SSSR count). The number of hydrogen-bond donors (Lipinski definition) is 0. The number of benzene rings is 1. The van der Waals surface area contributed by atoms with Gasteiger partial charge in [-0.3, -0.25) is 0 Å². The second-order valence-corrected chi connectivity index (χ2v) is 5.47. The molecule has 3 heteroatoms. The number of rotatable bonds is 3. The predicted octanol–water partition coefficient (Wildman–Crippen LogP) is 4.02. The summed E-state index contributed by atoms with van der Waals surface area (Å²) < 4.78 is 0. The molecule has 1 heterocycles. The maximum absolute atomic E-state index is 9.31. The van der Waals surface area contributed by atoms with Crippen LogP contribution in [0.25, 0.3) is 11.3 Å². The van der Waals surface area contributed by atoms with Crippen LogP contribution in [0, 0.1) is 31.1 Å². The summed E-state index contributed by atoms with van der Waals surface area (Å²) in [5.74, 6) is 0.560. The molecule has 3 nitrogen and oxygen atoms in total. The maximum atomic E-state index is 9.31. The zero-order valence-electron chi connectivity index (χ0n) is 12.4. The highest BCUT2D eigenvalue weighted by Crippen LogP contribution is 2.24. The van der Waals surface area contributed by atoms with E-state index < -0.39 is 0 Å². The van der Waals surface area contributed by atoms with Gasteiger partial charge >= 0.3 is 0 Å². The summed E-state index contributed by atoms with van der Waals surface area (Å²) in [6, 6.07) is 12.5. The van der Waals surface area contributed by atoms with Gasteiger partial charge in [-0.15, -0.1) is 0 Å². The average molecular weight is 265 g/mol. The van der Waals surface area contributed by atoms with Crippen molar-refractivity contribution in [3.05, 3.63) is 47.4 Å². The Kier molecular flexibility index (Phi) is 4.14. The van der Waals surface area contributed by atoms with Gasteiger partial charge in [0, 0.05) is 11.3 Å². The standard InChI is InChI=1S/C17H19N3/c1-11(2)15(10-18)17-19-13(4)9-16(20-17)14-7-5-12(3)6-8-14/h5-9,11,15H,1-4H3.